The summed E-state index contributed by atoms with van der Waals surface area (Å²) in [5.41, 5.74) is 9.81. The number of hydrogen-bond acceptors (Lipinski definition) is 4. The third-order valence-electron chi connectivity index (χ3n) is 6.37. The molecular formula is C24H25ClN2O2S. The number of hydrogen-bond donors (Lipinski definition) is 2. The standard InChI is InChI=1S/C24H25ClN2O2S/c1-4-24(5-2,13-26)15-8-6-14(7-9-15)19-18(29-3)12-17(25)21-20(19)16-10-11-30-22(16)23(28)27-21/h6-12H,4-5,13,26H2,1-3H3,(H,27,28). The molecule has 0 unspecified atom stereocenters. The van der Waals surface area contributed by atoms with Crippen LogP contribution in [0.4, 0.5) is 0 Å². The summed E-state index contributed by atoms with van der Waals surface area (Å²) >= 11 is 7.95. The molecule has 4 rings (SSSR count). The lowest BCUT2D eigenvalue weighted by Crippen LogP contribution is -2.33. The molecule has 0 atom stereocenters. The van der Waals surface area contributed by atoms with Gasteiger partial charge in [-0.15, -0.1) is 11.3 Å². The summed E-state index contributed by atoms with van der Waals surface area (Å²) in [6.07, 6.45) is 1.98. The number of aromatic nitrogens is 1. The van der Waals surface area contributed by atoms with Crippen LogP contribution in [0.5, 0.6) is 5.75 Å². The molecular weight excluding hydrogens is 416 g/mol. The van der Waals surface area contributed by atoms with Crippen molar-refractivity contribution in [2.45, 2.75) is 32.1 Å². The van der Waals surface area contributed by atoms with Gasteiger partial charge in [-0.25, -0.2) is 0 Å². The van der Waals surface area contributed by atoms with Gasteiger partial charge >= 0.3 is 0 Å². The Kier molecular flexibility index (Phi) is 5.62. The molecule has 30 heavy (non-hydrogen) atoms. The lowest BCUT2D eigenvalue weighted by atomic mass is 9.75. The smallest absolute Gasteiger partial charge is 0.266 e. The maximum atomic E-state index is 12.5. The number of thiophene rings is 1. The van der Waals surface area contributed by atoms with Gasteiger partial charge < -0.3 is 15.5 Å². The first-order chi connectivity index (χ1) is 14.5. The summed E-state index contributed by atoms with van der Waals surface area (Å²) in [5.74, 6) is 0.677. The Hall–Kier alpha value is -2.34. The zero-order valence-corrected chi connectivity index (χ0v) is 18.9. The van der Waals surface area contributed by atoms with Crippen LogP contribution in [0.3, 0.4) is 0 Å². The highest BCUT2D eigenvalue weighted by molar-refractivity contribution is 7.17. The van der Waals surface area contributed by atoms with Gasteiger partial charge in [-0.1, -0.05) is 49.7 Å². The fourth-order valence-corrected chi connectivity index (χ4v) is 5.41. The third-order valence-corrected chi connectivity index (χ3v) is 7.58. The molecule has 2 heterocycles. The summed E-state index contributed by atoms with van der Waals surface area (Å²) in [6.45, 7) is 4.98. The van der Waals surface area contributed by atoms with E-state index in [1.807, 2.05) is 11.4 Å². The SMILES string of the molecule is CCC(CC)(CN)c1ccc(-c2c(OC)cc(Cl)c3[nH]c(=O)c4sccc4c23)cc1. The zero-order chi connectivity index (χ0) is 21.5. The van der Waals surface area contributed by atoms with E-state index in [1.165, 1.54) is 16.9 Å². The highest BCUT2D eigenvalue weighted by Crippen LogP contribution is 2.43. The van der Waals surface area contributed by atoms with E-state index in [2.05, 4.69) is 43.1 Å². The Labute approximate surface area is 184 Å². The van der Waals surface area contributed by atoms with Gasteiger partial charge in [-0.3, -0.25) is 4.79 Å². The molecule has 4 nitrogen and oxygen atoms in total. The van der Waals surface area contributed by atoms with E-state index in [9.17, 15) is 4.79 Å². The molecule has 0 radical (unpaired) electrons. The van der Waals surface area contributed by atoms with Crippen molar-refractivity contribution in [2.24, 2.45) is 5.73 Å². The monoisotopic (exact) mass is 440 g/mol. The average Bonchev–Trinajstić information content (AvgIpc) is 3.27. The van der Waals surface area contributed by atoms with Crippen molar-refractivity contribution in [3.05, 3.63) is 62.7 Å². The van der Waals surface area contributed by atoms with E-state index in [0.29, 0.717) is 27.5 Å². The predicted molar refractivity (Wildman–Crippen MR) is 128 cm³/mol. The van der Waals surface area contributed by atoms with Gasteiger partial charge in [0.05, 0.1) is 17.6 Å². The van der Waals surface area contributed by atoms with Crippen molar-refractivity contribution in [1.29, 1.82) is 0 Å². The minimum Gasteiger partial charge on any atom is -0.496 e. The Morgan fingerprint density at radius 2 is 1.87 bits per heavy atom. The highest BCUT2D eigenvalue weighted by atomic mass is 35.5. The van der Waals surface area contributed by atoms with Crippen LogP contribution in [-0.4, -0.2) is 18.6 Å². The second-order valence-electron chi connectivity index (χ2n) is 7.57. The quantitative estimate of drug-likeness (QED) is 0.381. The summed E-state index contributed by atoms with van der Waals surface area (Å²) in [5, 5.41) is 4.18. The Bertz CT molecular complexity index is 1260. The minimum atomic E-state index is -0.125. The number of halogens is 1. The molecule has 3 N–H and O–H groups in total. The maximum Gasteiger partial charge on any atom is 0.266 e. The van der Waals surface area contributed by atoms with Gasteiger partial charge in [0.1, 0.15) is 10.4 Å². The summed E-state index contributed by atoms with van der Waals surface area (Å²) in [6, 6.07) is 12.3. The van der Waals surface area contributed by atoms with E-state index in [1.54, 1.807) is 13.2 Å². The molecule has 0 saturated carbocycles. The number of benzene rings is 2. The molecule has 2 aromatic heterocycles. The molecule has 0 aliphatic carbocycles. The van der Waals surface area contributed by atoms with Crippen LogP contribution in [0.1, 0.15) is 32.3 Å². The summed E-state index contributed by atoms with van der Waals surface area (Å²) in [4.78, 5) is 15.5. The zero-order valence-electron chi connectivity index (χ0n) is 17.3. The molecule has 156 valence electrons. The second-order valence-corrected chi connectivity index (χ2v) is 8.90. The minimum absolute atomic E-state index is 0.0173. The van der Waals surface area contributed by atoms with E-state index >= 15 is 0 Å². The lowest BCUT2D eigenvalue weighted by molar-refractivity contribution is 0.407. The van der Waals surface area contributed by atoms with E-state index < -0.39 is 0 Å². The number of H-pyrrole nitrogens is 1. The van der Waals surface area contributed by atoms with Crippen molar-refractivity contribution in [3.63, 3.8) is 0 Å². The van der Waals surface area contributed by atoms with Crippen LogP contribution in [0.25, 0.3) is 32.1 Å². The lowest BCUT2D eigenvalue weighted by Gasteiger charge is -2.31. The first kappa shape index (κ1) is 20.9. The molecule has 0 spiro atoms. The molecule has 0 aliphatic heterocycles. The third kappa shape index (κ3) is 3.13. The van der Waals surface area contributed by atoms with Gasteiger partial charge in [0.15, 0.2) is 0 Å². The van der Waals surface area contributed by atoms with E-state index in [-0.39, 0.29) is 11.0 Å². The number of fused-ring (bicyclic) bond motifs is 3. The van der Waals surface area contributed by atoms with Crippen molar-refractivity contribution in [3.8, 4) is 16.9 Å². The fraction of sp³-hybridized carbons (Fsp3) is 0.292. The predicted octanol–water partition coefficient (Wildman–Crippen LogP) is 6.09. The Balaban J connectivity index is 2.02. The molecule has 0 fully saturated rings. The van der Waals surface area contributed by atoms with Gasteiger partial charge in [0, 0.05) is 34.4 Å². The van der Waals surface area contributed by atoms with Crippen molar-refractivity contribution >= 4 is 43.9 Å². The first-order valence-corrected chi connectivity index (χ1v) is 11.4. The van der Waals surface area contributed by atoms with Gasteiger partial charge in [0.2, 0.25) is 0 Å². The molecule has 0 bridgehead atoms. The van der Waals surface area contributed by atoms with Gasteiger partial charge in [0.25, 0.3) is 5.56 Å². The van der Waals surface area contributed by atoms with Crippen LogP contribution in [0.15, 0.2) is 46.6 Å². The van der Waals surface area contributed by atoms with Crippen LogP contribution < -0.4 is 16.0 Å². The topological polar surface area (TPSA) is 68.1 Å². The van der Waals surface area contributed by atoms with E-state index in [0.717, 1.165) is 34.7 Å². The van der Waals surface area contributed by atoms with Crippen molar-refractivity contribution in [2.75, 3.05) is 13.7 Å². The van der Waals surface area contributed by atoms with Crippen LogP contribution in [-0.2, 0) is 5.41 Å². The van der Waals surface area contributed by atoms with Crippen molar-refractivity contribution in [1.82, 2.24) is 4.98 Å². The number of methoxy groups -OCH3 is 1. The average molecular weight is 441 g/mol. The molecule has 0 aliphatic rings. The van der Waals surface area contributed by atoms with Gasteiger partial charge in [-0.2, -0.15) is 0 Å². The van der Waals surface area contributed by atoms with Crippen molar-refractivity contribution < 1.29 is 4.74 Å². The van der Waals surface area contributed by atoms with Gasteiger partial charge in [-0.05, 0) is 35.4 Å². The highest BCUT2D eigenvalue weighted by Gasteiger charge is 2.27. The summed E-state index contributed by atoms with van der Waals surface area (Å²) in [7, 11) is 1.64. The molecule has 0 amide bonds. The molecule has 0 saturated heterocycles. The van der Waals surface area contributed by atoms with Crippen LogP contribution in [0.2, 0.25) is 5.02 Å². The maximum absolute atomic E-state index is 12.5. The Morgan fingerprint density at radius 1 is 1.17 bits per heavy atom. The second kappa shape index (κ2) is 8.06. The fourth-order valence-electron chi connectivity index (χ4n) is 4.37. The van der Waals surface area contributed by atoms with Crippen LogP contribution in [0, 0.1) is 0 Å². The number of rotatable bonds is 6. The molecule has 6 heteroatoms. The number of ether oxygens (including phenoxy) is 1. The van der Waals surface area contributed by atoms with E-state index in [4.69, 9.17) is 22.1 Å². The summed E-state index contributed by atoms with van der Waals surface area (Å²) < 4.78 is 6.40. The molecule has 4 aromatic rings. The first-order valence-electron chi connectivity index (χ1n) is 10.1. The molecule has 2 aromatic carbocycles. The Morgan fingerprint density at radius 3 is 2.47 bits per heavy atom. The number of nitrogens with one attached hydrogen (secondary N) is 1. The van der Waals surface area contributed by atoms with Crippen LogP contribution >= 0.6 is 22.9 Å². The largest absolute Gasteiger partial charge is 0.496 e. The number of pyridine rings is 1. The number of aromatic amines is 1. The number of nitrogens with two attached hydrogens (primary N) is 1. The normalized spacial score (nSPS) is 12.0.